The number of hydrogen-bond acceptors (Lipinski definition) is 4. The molecule has 3 rings (SSSR count). The van der Waals surface area contributed by atoms with Gasteiger partial charge in [-0.05, 0) is 25.7 Å². The normalized spacial score (nSPS) is 33.1. The quantitative estimate of drug-likeness (QED) is 0.714. The lowest BCUT2D eigenvalue weighted by Crippen LogP contribution is -2.45. The fraction of sp³-hybridized carbons (Fsp3) is 0.636. The highest BCUT2D eigenvalue weighted by Crippen LogP contribution is 2.37. The molecule has 2 saturated heterocycles. The van der Waals surface area contributed by atoms with Crippen LogP contribution in [0.5, 0.6) is 0 Å². The van der Waals surface area contributed by atoms with E-state index in [4.69, 9.17) is 0 Å². The third kappa shape index (κ3) is 1.51. The fourth-order valence-electron chi connectivity index (χ4n) is 3.02. The molecule has 2 atom stereocenters. The van der Waals surface area contributed by atoms with Gasteiger partial charge in [0.2, 0.25) is 0 Å². The Bertz CT molecular complexity index is 431. The van der Waals surface area contributed by atoms with Crippen LogP contribution in [-0.2, 0) is 0 Å². The highest BCUT2D eigenvalue weighted by molar-refractivity contribution is 5.42. The van der Waals surface area contributed by atoms with Crippen molar-refractivity contribution in [3.8, 4) is 0 Å². The summed E-state index contributed by atoms with van der Waals surface area (Å²) >= 11 is 0. The number of fused-ring (bicyclic) bond motifs is 2. The molecule has 86 valence electrons. The molecule has 0 spiro atoms. The number of H-pyrrole nitrogens is 1. The molecule has 0 amide bonds. The van der Waals surface area contributed by atoms with Crippen LogP contribution in [0, 0.1) is 0 Å². The second-order valence-corrected chi connectivity index (χ2v) is 4.69. The van der Waals surface area contributed by atoms with Crippen molar-refractivity contribution in [2.45, 2.75) is 43.9 Å². The van der Waals surface area contributed by atoms with Crippen LogP contribution in [0.1, 0.15) is 25.7 Å². The van der Waals surface area contributed by atoms with Crippen molar-refractivity contribution in [2.75, 3.05) is 4.90 Å². The molecule has 5 nitrogen and oxygen atoms in total. The number of aliphatic hydroxyl groups excluding tert-OH is 1. The van der Waals surface area contributed by atoms with Crippen molar-refractivity contribution in [1.29, 1.82) is 0 Å². The molecule has 2 unspecified atom stereocenters. The Balaban J connectivity index is 1.94. The van der Waals surface area contributed by atoms with Gasteiger partial charge in [0.05, 0.1) is 12.4 Å². The minimum Gasteiger partial charge on any atom is -0.393 e. The van der Waals surface area contributed by atoms with Crippen molar-refractivity contribution in [1.82, 2.24) is 9.97 Å². The van der Waals surface area contributed by atoms with Crippen LogP contribution >= 0.6 is 0 Å². The maximum absolute atomic E-state index is 11.3. The third-order valence-corrected chi connectivity index (χ3v) is 3.64. The van der Waals surface area contributed by atoms with Gasteiger partial charge in [0.25, 0.3) is 5.56 Å². The molecule has 3 heterocycles. The average molecular weight is 221 g/mol. The molecule has 0 saturated carbocycles. The van der Waals surface area contributed by atoms with Gasteiger partial charge in [-0.3, -0.25) is 4.79 Å². The smallest absolute Gasteiger partial charge is 0.252 e. The highest BCUT2D eigenvalue weighted by Gasteiger charge is 2.40. The van der Waals surface area contributed by atoms with E-state index in [0.29, 0.717) is 12.1 Å². The first-order chi connectivity index (χ1) is 7.74. The van der Waals surface area contributed by atoms with Crippen LogP contribution in [0.4, 0.5) is 5.82 Å². The van der Waals surface area contributed by atoms with E-state index in [2.05, 4.69) is 14.9 Å². The molecular formula is C11H15N3O2. The molecule has 2 bridgehead atoms. The molecule has 2 aliphatic rings. The van der Waals surface area contributed by atoms with Gasteiger partial charge in [0.15, 0.2) is 0 Å². The van der Waals surface area contributed by atoms with Gasteiger partial charge in [0.1, 0.15) is 5.82 Å². The Hall–Kier alpha value is -1.36. The zero-order valence-corrected chi connectivity index (χ0v) is 8.97. The van der Waals surface area contributed by atoms with Gasteiger partial charge in [-0.2, -0.15) is 0 Å². The Morgan fingerprint density at radius 1 is 1.38 bits per heavy atom. The predicted octanol–water partition coefficient (Wildman–Crippen LogP) is 0.262. The first-order valence-electron chi connectivity index (χ1n) is 5.75. The molecule has 0 radical (unpaired) electrons. The molecule has 5 heteroatoms. The van der Waals surface area contributed by atoms with E-state index >= 15 is 0 Å². The average Bonchev–Trinajstić information content (AvgIpc) is 2.51. The number of aromatic nitrogens is 2. The van der Waals surface area contributed by atoms with E-state index < -0.39 is 0 Å². The number of nitrogens with zero attached hydrogens (tertiary/aromatic N) is 2. The van der Waals surface area contributed by atoms with Gasteiger partial charge in [-0.1, -0.05) is 0 Å². The summed E-state index contributed by atoms with van der Waals surface area (Å²) in [7, 11) is 0. The lowest BCUT2D eigenvalue weighted by Gasteiger charge is -2.37. The maximum Gasteiger partial charge on any atom is 0.252 e. The van der Waals surface area contributed by atoms with E-state index in [1.165, 1.54) is 6.33 Å². The maximum atomic E-state index is 11.3. The second kappa shape index (κ2) is 3.59. The van der Waals surface area contributed by atoms with Crippen LogP contribution in [0.3, 0.4) is 0 Å². The molecule has 0 aromatic carbocycles. The van der Waals surface area contributed by atoms with E-state index in [1.807, 2.05) is 0 Å². The highest BCUT2D eigenvalue weighted by atomic mass is 16.3. The predicted molar refractivity (Wildman–Crippen MR) is 59.4 cm³/mol. The summed E-state index contributed by atoms with van der Waals surface area (Å²) in [6, 6.07) is 2.24. The molecular weight excluding hydrogens is 206 g/mol. The molecule has 1 aromatic heterocycles. The van der Waals surface area contributed by atoms with Crippen molar-refractivity contribution < 1.29 is 5.11 Å². The first-order valence-corrected chi connectivity index (χ1v) is 5.75. The summed E-state index contributed by atoms with van der Waals surface area (Å²) in [5.74, 6) is 0.753. The van der Waals surface area contributed by atoms with Gasteiger partial charge in [-0.15, -0.1) is 0 Å². The van der Waals surface area contributed by atoms with Crippen LogP contribution in [0.15, 0.2) is 17.2 Å². The Kier molecular flexibility index (Phi) is 2.21. The van der Waals surface area contributed by atoms with E-state index in [9.17, 15) is 9.90 Å². The second-order valence-electron chi connectivity index (χ2n) is 4.69. The number of piperidine rings is 1. The Morgan fingerprint density at radius 3 is 2.69 bits per heavy atom. The fourth-order valence-corrected chi connectivity index (χ4v) is 3.02. The van der Waals surface area contributed by atoms with Crippen LogP contribution < -0.4 is 10.5 Å². The van der Waals surface area contributed by atoms with Crippen molar-refractivity contribution in [3.63, 3.8) is 0 Å². The third-order valence-electron chi connectivity index (χ3n) is 3.64. The summed E-state index contributed by atoms with van der Waals surface area (Å²) in [5.41, 5.74) is -0.115. The lowest BCUT2D eigenvalue weighted by molar-refractivity contribution is 0.126. The number of hydrogen-bond donors (Lipinski definition) is 2. The number of aromatic amines is 1. The summed E-state index contributed by atoms with van der Waals surface area (Å²) < 4.78 is 0. The molecule has 0 aliphatic carbocycles. The Labute approximate surface area is 93.1 Å². The lowest BCUT2D eigenvalue weighted by atomic mass is 10.00. The minimum atomic E-state index is -0.184. The minimum absolute atomic E-state index is 0.115. The van der Waals surface area contributed by atoms with E-state index in [0.717, 1.165) is 31.5 Å². The van der Waals surface area contributed by atoms with Crippen molar-refractivity contribution in [2.24, 2.45) is 0 Å². The molecule has 2 N–H and O–H groups in total. The Morgan fingerprint density at radius 2 is 2.06 bits per heavy atom. The summed E-state index contributed by atoms with van der Waals surface area (Å²) in [6.07, 6.45) is 5.04. The van der Waals surface area contributed by atoms with Crippen molar-refractivity contribution >= 4 is 5.82 Å². The zero-order chi connectivity index (χ0) is 11.1. The monoisotopic (exact) mass is 221 g/mol. The topological polar surface area (TPSA) is 69.2 Å². The summed E-state index contributed by atoms with van der Waals surface area (Å²) in [5, 5.41) is 9.69. The van der Waals surface area contributed by atoms with Crippen LogP contribution in [-0.4, -0.2) is 33.3 Å². The standard InChI is InChI=1S/C11H15N3O2/c15-9-3-7-1-2-8(4-9)14(7)10-5-11(16)13-6-12-10/h5-9,15H,1-4H2,(H,12,13,16). The van der Waals surface area contributed by atoms with Gasteiger partial charge in [-0.25, -0.2) is 4.98 Å². The van der Waals surface area contributed by atoms with Crippen molar-refractivity contribution in [3.05, 3.63) is 22.7 Å². The SMILES string of the molecule is O=c1cc(N2C3CCC2CC(O)C3)nc[nH]1. The summed E-state index contributed by atoms with van der Waals surface area (Å²) in [6.45, 7) is 0. The van der Waals surface area contributed by atoms with Gasteiger partial charge < -0.3 is 15.0 Å². The molecule has 16 heavy (non-hydrogen) atoms. The number of rotatable bonds is 1. The first kappa shape index (κ1) is 9.84. The molecule has 1 aromatic rings. The number of nitrogens with one attached hydrogen (secondary N) is 1. The zero-order valence-electron chi connectivity index (χ0n) is 8.97. The number of anilines is 1. The molecule has 2 fully saturated rings. The summed E-state index contributed by atoms with van der Waals surface area (Å²) in [4.78, 5) is 20.2. The van der Waals surface area contributed by atoms with Crippen LogP contribution in [0.2, 0.25) is 0 Å². The van der Waals surface area contributed by atoms with E-state index in [1.54, 1.807) is 6.07 Å². The van der Waals surface area contributed by atoms with Crippen LogP contribution in [0.25, 0.3) is 0 Å². The van der Waals surface area contributed by atoms with Gasteiger partial charge in [0, 0.05) is 18.2 Å². The molecule has 2 aliphatic heterocycles. The number of aliphatic hydroxyl groups is 1. The largest absolute Gasteiger partial charge is 0.393 e. The van der Waals surface area contributed by atoms with Gasteiger partial charge >= 0.3 is 0 Å². The van der Waals surface area contributed by atoms with E-state index in [-0.39, 0.29) is 11.7 Å².